The molecule has 2 atom stereocenters. The van der Waals surface area contributed by atoms with E-state index in [2.05, 4.69) is 20.8 Å². The molecule has 0 aliphatic heterocycles. The third-order valence-electron chi connectivity index (χ3n) is 4.44. The van der Waals surface area contributed by atoms with Crippen LogP contribution < -0.4 is 11.1 Å². The highest BCUT2D eigenvalue weighted by Gasteiger charge is 2.24. The number of tetrazole rings is 1. The zero-order valence-corrected chi connectivity index (χ0v) is 14.5. The van der Waals surface area contributed by atoms with E-state index in [1.54, 1.807) is 11.7 Å². The monoisotopic (exact) mass is 350 g/mol. The Morgan fingerprint density at radius 3 is 2.88 bits per heavy atom. The van der Waals surface area contributed by atoms with Crippen LogP contribution in [0.15, 0.2) is 24.3 Å². The van der Waals surface area contributed by atoms with Crippen LogP contribution in [0.25, 0.3) is 11.4 Å². The Hall–Kier alpha value is -1.99. The minimum absolute atomic E-state index is 0. The van der Waals surface area contributed by atoms with Gasteiger partial charge in [0.25, 0.3) is 0 Å². The fourth-order valence-corrected chi connectivity index (χ4v) is 3.15. The van der Waals surface area contributed by atoms with Crippen molar-refractivity contribution in [1.29, 1.82) is 0 Å². The molecule has 1 saturated carbocycles. The highest BCUT2D eigenvalue weighted by molar-refractivity contribution is 5.91. The van der Waals surface area contributed by atoms with Gasteiger partial charge in [-0.2, -0.15) is 0 Å². The van der Waals surface area contributed by atoms with E-state index in [1.165, 1.54) is 12.8 Å². The topological polar surface area (TPSA) is 98.7 Å². The number of aromatic nitrogens is 4. The van der Waals surface area contributed by atoms with E-state index < -0.39 is 0 Å². The van der Waals surface area contributed by atoms with Gasteiger partial charge in [0.2, 0.25) is 5.91 Å². The molecule has 3 N–H and O–H groups in total. The molecule has 2 unspecified atom stereocenters. The molecule has 0 radical (unpaired) electrons. The summed E-state index contributed by atoms with van der Waals surface area (Å²) in [4.78, 5) is 12.3. The number of hydrogen-bond acceptors (Lipinski definition) is 5. The number of nitrogens with one attached hydrogen (secondary N) is 1. The summed E-state index contributed by atoms with van der Waals surface area (Å²) in [5.74, 6) is 0.964. The molecule has 1 aliphatic carbocycles. The number of nitrogens with two attached hydrogens (primary N) is 1. The number of hydrogen-bond donors (Lipinski definition) is 2. The van der Waals surface area contributed by atoms with Crippen LogP contribution in [0.2, 0.25) is 0 Å². The molecule has 1 aliphatic rings. The number of aryl methyl sites for hydroxylation is 1. The molecule has 0 saturated heterocycles. The van der Waals surface area contributed by atoms with Gasteiger partial charge in [0, 0.05) is 30.8 Å². The fraction of sp³-hybridized carbons (Fsp3) is 0.500. The maximum Gasteiger partial charge on any atom is 0.224 e. The summed E-state index contributed by atoms with van der Waals surface area (Å²) in [5.41, 5.74) is 7.74. The molecule has 1 fully saturated rings. The van der Waals surface area contributed by atoms with E-state index in [4.69, 9.17) is 5.73 Å². The van der Waals surface area contributed by atoms with E-state index in [1.807, 2.05) is 24.3 Å². The van der Waals surface area contributed by atoms with Gasteiger partial charge in [-0.05, 0) is 41.3 Å². The second kappa shape index (κ2) is 8.21. The quantitative estimate of drug-likeness (QED) is 0.880. The highest BCUT2D eigenvalue weighted by atomic mass is 35.5. The lowest BCUT2D eigenvalue weighted by Crippen LogP contribution is -2.35. The maximum atomic E-state index is 12.3. The minimum Gasteiger partial charge on any atom is -0.327 e. The number of nitrogens with zero attached hydrogens (tertiary/aromatic N) is 4. The van der Waals surface area contributed by atoms with Gasteiger partial charge in [0.1, 0.15) is 0 Å². The first-order valence-electron chi connectivity index (χ1n) is 8.01. The van der Waals surface area contributed by atoms with Crippen molar-refractivity contribution in [2.45, 2.75) is 38.1 Å². The van der Waals surface area contributed by atoms with Gasteiger partial charge in [0.05, 0.1) is 0 Å². The van der Waals surface area contributed by atoms with E-state index >= 15 is 0 Å². The summed E-state index contributed by atoms with van der Waals surface area (Å²) in [6, 6.07) is 7.69. The Balaban J connectivity index is 0.00000208. The van der Waals surface area contributed by atoms with Crippen LogP contribution in [0.4, 0.5) is 5.69 Å². The zero-order valence-electron chi connectivity index (χ0n) is 13.7. The maximum absolute atomic E-state index is 12.3. The van der Waals surface area contributed by atoms with Crippen molar-refractivity contribution >= 4 is 24.0 Å². The SMILES string of the molecule is Cl.Cn1nnnc1-c1cccc(NC(=O)CC2CCCCC2N)c1. The van der Waals surface area contributed by atoms with Crippen molar-refractivity contribution in [3.8, 4) is 11.4 Å². The van der Waals surface area contributed by atoms with Crippen molar-refractivity contribution in [2.24, 2.45) is 18.7 Å². The number of benzene rings is 1. The van der Waals surface area contributed by atoms with Crippen molar-refractivity contribution in [1.82, 2.24) is 20.2 Å². The second-order valence-electron chi connectivity index (χ2n) is 6.17. The summed E-state index contributed by atoms with van der Waals surface area (Å²) in [6.07, 6.45) is 4.89. The smallest absolute Gasteiger partial charge is 0.224 e. The first-order valence-corrected chi connectivity index (χ1v) is 8.01. The lowest BCUT2D eigenvalue weighted by Gasteiger charge is -2.27. The predicted octanol–water partition coefficient (Wildman–Crippen LogP) is 2.14. The molecular formula is C16H23ClN6O. The summed E-state index contributed by atoms with van der Waals surface area (Å²) in [7, 11) is 1.78. The zero-order chi connectivity index (χ0) is 16.2. The van der Waals surface area contributed by atoms with Gasteiger partial charge in [0.15, 0.2) is 5.82 Å². The Morgan fingerprint density at radius 2 is 2.17 bits per heavy atom. The first kappa shape index (κ1) is 18.4. The minimum atomic E-state index is 0. The number of carbonyl (C=O) groups is 1. The number of halogens is 1. The van der Waals surface area contributed by atoms with Crippen LogP contribution in [0, 0.1) is 5.92 Å². The van der Waals surface area contributed by atoms with Crippen molar-refractivity contribution < 1.29 is 4.79 Å². The molecule has 1 heterocycles. The molecule has 130 valence electrons. The van der Waals surface area contributed by atoms with Crippen molar-refractivity contribution in [2.75, 3.05) is 5.32 Å². The van der Waals surface area contributed by atoms with Gasteiger partial charge in [-0.15, -0.1) is 17.5 Å². The molecule has 0 spiro atoms. The van der Waals surface area contributed by atoms with E-state index in [0.29, 0.717) is 12.2 Å². The first-order chi connectivity index (χ1) is 11.1. The number of anilines is 1. The summed E-state index contributed by atoms with van der Waals surface area (Å²) >= 11 is 0. The predicted molar refractivity (Wildman–Crippen MR) is 94.7 cm³/mol. The van der Waals surface area contributed by atoms with Crippen LogP contribution in [-0.4, -0.2) is 32.2 Å². The molecule has 1 aromatic heterocycles. The van der Waals surface area contributed by atoms with Crippen LogP contribution in [0.1, 0.15) is 32.1 Å². The van der Waals surface area contributed by atoms with Crippen molar-refractivity contribution in [3.05, 3.63) is 24.3 Å². The van der Waals surface area contributed by atoms with Crippen LogP contribution in [-0.2, 0) is 11.8 Å². The molecule has 0 bridgehead atoms. The molecule has 24 heavy (non-hydrogen) atoms. The van der Waals surface area contributed by atoms with Gasteiger partial charge < -0.3 is 11.1 Å². The molecule has 3 rings (SSSR count). The Labute approximate surface area is 147 Å². The largest absolute Gasteiger partial charge is 0.327 e. The average molecular weight is 351 g/mol. The molecule has 8 heteroatoms. The molecule has 1 aromatic carbocycles. The molecular weight excluding hydrogens is 328 g/mol. The van der Waals surface area contributed by atoms with Crippen LogP contribution in [0.5, 0.6) is 0 Å². The van der Waals surface area contributed by atoms with Crippen LogP contribution in [0.3, 0.4) is 0 Å². The van der Waals surface area contributed by atoms with Gasteiger partial charge >= 0.3 is 0 Å². The Kier molecular flexibility index (Phi) is 6.28. The molecule has 1 amide bonds. The van der Waals surface area contributed by atoms with E-state index in [-0.39, 0.29) is 30.3 Å². The third-order valence-corrected chi connectivity index (χ3v) is 4.44. The summed E-state index contributed by atoms with van der Waals surface area (Å²) < 4.78 is 1.60. The van der Waals surface area contributed by atoms with Gasteiger partial charge in [-0.1, -0.05) is 25.0 Å². The third kappa shape index (κ3) is 4.30. The second-order valence-corrected chi connectivity index (χ2v) is 6.17. The van der Waals surface area contributed by atoms with Gasteiger partial charge in [-0.3, -0.25) is 4.79 Å². The number of rotatable bonds is 4. The van der Waals surface area contributed by atoms with Crippen molar-refractivity contribution in [3.63, 3.8) is 0 Å². The number of amides is 1. The Bertz CT molecular complexity index is 689. The fourth-order valence-electron chi connectivity index (χ4n) is 3.15. The average Bonchev–Trinajstić information content (AvgIpc) is 2.96. The summed E-state index contributed by atoms with van der Waals surface area (Å²) in [5, 5.41) is 14.4. The van der Waals surface area contributed by atoms with Crippen LogP contribution >= 0.6 is 12.4 Å². The Morgan fingerprint density at radius 1 is 1.38 bits per heavy atom. The number of carbonyl (C=O) groups excluding carboxylic acids is 1. The lowest BCUT2D eigenvalue weighted by molar-refractivity contribution is -0.117. The molecule has 2 aromatic rings. The lowest BCUT2D eigenvalue weighted by atomic mass is 9.83. The van der Waals surface area contributed by atoms with Gasteiger partial charge in [-0.25, -0.2) is 4.68 Å². The summed E-state index contributed by atoms with van der Waals surface area (Å²) in [6.45, 7) is 0. The van der Waals surface area contributed by atoms with E-state index in [0.717, 1.165) is 24.1 Å². The normalized spacial score (nSPS) is 20.2. The van der Waals surface area contributed by atoms with E-state index in [9.17, 15) is 4.79 Å². The standard InChI is InChI=1S/C16H22N6O.ClH/c1-22-16(19-20-21-22)12-6-4-7-13(9-12)18-15(23)10-11-5-2-3-8-14(11)17;/h4,6-7,9,11,14H,2-3,5,8,10,17H2,1H3,(H,18,23);1H. The molecule has 7 nitrogen and oxygen atoms in total. The highest BCUT2D eigenvalue weighted by Crippen LogP contribution is 2.26.